The Hall–Kier alpha value is -5.12. The fourth-order valence-corrected chi connectivity index (χ4v) is 4.41. The van der Waals surface area contributed by atoms with Crippen molar-refractivity contribution < 1.29 is 18.4 Å². The number of nitrogens with one attached hydrogen (secondary N) is 3. The molecule has 10 heteroatoms. The van der Waals surface area contributed by atoms with Crippen LogP contribution in [0.15, 0.2) is 79.3 Å². The Labute approximate surface area is 229 Å². The summed E-state index contributed by atoms with van der Waals surface area (Å²) >= 11 is 0. The van der Waals surface area contributed by atoms with E-state index in [4.69, 9.17) is 0 Å². The summed E-state index contributed by atoms with van der Waals surface area (Å²) in [6.07, 6.45) is 3.03. The van der Waals surface area contributed by atoms with Crippen LogP contribution in [-0.2, 0) is 0 Å². The summed E-state index contributed by atoms with van der Waals surface area (Å²) in [5, 5.41) is 13.2. The van der Waals surface area contributed by atoms with Gasteiger partial charge in [0.15, 0.2) is 5.82 Å². The molecule has 0 spiro atoms. The predicted octanol–water partition coefficient (Wildman–Crippen LogP) is 6.11. The van der Waals surface area contributed by atoms with Crippen LogP contribution in [-0.4, -0.2) is 26.4 Å². The van der Waals surface area contributed by atoms with Crippen LogP contribution in [0.4, 0.5) is 26.0 Å². The van der Waals surface area contributed by atoms with E-state index in [2.05, 4.69) is 26.0 Å². The molecule has 3 aromatic carbocycles. The Bertz CT molecular complexity index is 1740. The molecule has 0 saturated carbocycles. The fraction of sp³-hybridized carbons (Fsp3) is 0.133. The van der Waals surface area contributed by atoms with Gasteiger partial charge in [0, 0.05) is 23.6 Å². The molecule has 0 aliphatic carbocycles. The van der Waals surface area contributed by atoms with Crippen LogP contribution in [0.1, 0.15) is 50.4 Å². The highest BCUT2D eigenvalue weighted by Crippen LogP contribution is 2.29. The number of aryl methyl sites for hydroxylation is 2. The van der Waals surface area contributed by atoms with Crippen LogP contribution in [0, 0.1) is 25.5 Å². The minimum atomic E-state index is -0.951. The summed E-state index contributed by atoms with van der Waals surface area (Å²) < 4.78 is 28.9. The monoisotopic (exact) mass is 540 g/mol. The van der Waals surface area contributed by atoms with Gasteiger partial charge in [-0.2, -0.15) is 5.10 Å². The maximum absolute atomic E-state index is 14.1. The topological polar surface area (TPSA) is 100 Å². The number of hydrogen-bond donors (Lipinski definition) is 3. The number of rotatable bonds is 7. The van der Waals surface area contributed by atoms with E-state index in [1.54, 1.807) is 28.9 Å². The van der Waals surface area contributed by atoms with Crippen molar-refractivity contribution in [2.24, 2.45) is 0 Å². The molecule has 202 valence electrons. The number of aromatic nitrogens is 3. The highest BCUT2D eigenvalue weighted by Gasteiger charge is 2.20. The molecule has 0 radical (unpaired) electrons. The zero-order chi connectivity index (χ0) is 28.4. The highest BCUT2D eigenvalue weighted by atomic mass is 19.1. The molecule has 2 heterocycles. The number of fused-ring (bicyclic) bond motifs is 1. The Morgan fingerprint density at radius 1 is 0.925 bits per heavy atom. The van der Waals surface area contributed by atoms with Gasteiger partial charge < -0.3 is 16.0 Å². The molecule has 3 N–H and O–H groups in total. The molecule has 2 amide bonds. The fourth-order valence-electron chi connectivity index (χ4n) is 4.41. The molecule has 0 fully saturated rings. The normalized spacial score (nSPS) is 11.7. The van der Waals surface area contributed by atoms with Crippen LogP contribution in [0.2, 0.25) is 0 Å². The minimum absolute atomic E-state index is 0.191. The number of benzene rings is 3. The number of amides is 2. The van der Waals surface area contributed by atoms with Crippen molar-refractivity contribution in [3.8, 4) is 0 Å². The van der Waals surface area contributed by atoms with Crippen molar-refractivity contribution in [3.05, 3.63) is 119 Å². The van der Waals surface area contributed by atoms with Gasteiger partial charge in [0.25, 0.3) is 11.8 Å². The lowest BCUT2D eigenvalue weighted by atomic mass is 10.1. The second-order valence-electron chi connectivity index (χ2n) is 9.41. The van der Waals surface area contributed by atoms with E-state index in [0.717, 1.165) is 23.3 Å². The van der Waals surface area contributed by atoms with Crippen molar-refractivity contribution in [2.45, 2.75) is 26.8 Å². The zero-order valence-corrected chi connectivity index (χ0v) is 22.0. The van der Waals surface area contributed by atoms with Gasteiger partial charge in [-0.15, -0.1) is 0 Å². The number of carbonyl (C=O) groups excluding carboxylic acids is 2. The average molecular weight is 541 g/mol. The van der Waals surface area contributed by atoms with E-state index in [9.17, 15) is 18.4 Å². The number of carbonyl (C=O) groups is 2. The smallest absolute Gasteiger partial charge is 0.258 e. The molecule has 5 aromatic rings. The number of halogens is 2. The largest absolute Gasteiger partial charge is 0.345 e. The summed E-state index contributed by atoms with van der Waals surface area (Å²) in [7, 11) is 0. The van der Waals surface area contributed by atoms with Gasteiger partial charge >= 0.3 is 0 Å². The lowest BCUT2D eigenvalue weighted by Crippen LogP contribution is -2.26. The summed E-state index contributed by atoms with van der Waals surface area (Å²) in [5.41, 5.74) is 4.36. The first-order chi connectivity index (χ1) is 19.2. The average Bonchev–Trinajstić information content (AvgIpc) is 3.28. The maximum Gasteiger partial charge on any atom is 0.258 e. The molecule has 0 bridgehead atoms. The van der Waals surface area contributed by atoms with Crippen LogP contribution in [0.3, 0.4) is 0 Å². The first kappa shape index (κ1) is 26.5. The molecule has 0 unspecified atom stereocenters. The summed E-state index contributed by atoms with van der Waals surface area (Å²) in [6.45, 7) is 5.62. The Balaban J connectivity index is 1.40. The van der Waals surface area contributed by atoms with E-state index in [-0.39, 0.29) is 17.5 Å². The van der Waals surface area contributed by atoms with Crippen LogP contribution in [0.5, 0.6) is 0 Å². The van der Waals surface area contributed by atoms with E-state index in [1.165, 1.54) is 6.33 Å². The molecule has 0 aliphatic rings. The molecule has 1 atom stereocenters. The summed E-state index contributed by atoms with van der Waals surface area (Å²) in [4.78, 5) is 30.2. The van der Waals surface area contributed by atoms with Crippen molar-refractivity contribution in [1.29, 1.82) is 0 Å². The van der Waals surface area contributed by atoms with Crippen molar-refractivity contribution in [2.75, 3.05) is 10.6 Å². The van der Waals surface area contributed by atoms with Crippen LogP contribution < -0.4 is 16.0 Å². The molecule has 8 nitrogen and oxygen atoms in total. The van der Waals surface area contributed by atoms with E-state index < -0.39 is 17.5 Å². The SMILES string of the molecule is Cc1ccc(NC(=O)c2ccc(F)cc2F)cc1Nc1ncnn2cc(C(=O)N[C@@H](C)c3ccccc3)c(C)c12. The summed E-state index contributed by atoms with van der Waals surface area (Å²) in [5.74, 6) is -2.20. The molecule has 2 aromatic heterocycles. The molecular formula is C30H26F2N6O2. The quantitative estimate of drug-likeness (QED) is 0.231. The molecule has 0 saturated heterocycles. The third-order valence-corrected chi connectivity index (χ3v) is 6.64. The lowest BCUT2D eigenvalue weighted by Gasteiger charge is -2.14. The number of hydrogen-bond acceptors (Lipinski definition) is 5. The van der Waals surface area contributed by atoms with Gasteiger partial charge in [0.05, 0.1) is 17.2 Å². The molecule has 0 aliphatic heterocycles. The van der Waals surface area contributed by atoms with E-state index in [0.29, 0.717) is 39.9 Å². The second-order valence-corrected chi connectivity index (χ2v) is 9.41. The maximum atomic E-state index is 14.1. The highest BCUT2D eigenvalue weighted by molar-refractivity contribution is 6.05. The predicted molar refractivity (Wildman–Crippen MR) is 149 cm³/mol. The van der Waals surface area contributed by atoms with Crippen LogP contribution >= 0.6 is 0 Å². The van der Waals surface area contributed by atoms with Gasteiger partial charge in [-0.25, -0.2) is 18.3 Å². The van der Waals surface area contributed by atoms with E-state index >= 15 is 0 Å². The standard InChI is InChI=1S/C30H26F2N6O2/c1-17-9-11-22(36-29(39)23-12-10-21(31)13-25(23)32)14-26(17)37-28-27-18(2)24(15-38(27)34-16-33-28)30(40)35-19(3)20-7-5-4-6-8-20/h4-16,19H,1-3H3,(H,35,40)(H,36,39)(H,33,34,37)/t19-/m0/s1. The van der Waals surface area contributed by atoms with Crippen molar-refractivity contribution in [3.63, 3.8) is 0 Å². The summed E-state index contributed by atoms with van der Waals surface area (Å²) in [6, 6.07) is 17.4. The first-order valence-corrected chi connectivity index (χ1v) is 12.5. The Kier molecular flexibility index (Phi) is 7.24. The zero-order valence-electron chi connectivity index (χ0n) is 22.0. The van der Waals surface area contributed by atoms with Crippen LogP contribution in [0.25, 0.3) is 5.52 Å². The lowest BCUT2D eigenvalue weighted by molar-refractivity contribution is 0.0938. The molecule has 40 heavy (non-hydrogen) atoms. The Morgan fingerprint density at radius 3 is 2.45 bits per heavy atom. The van der Waals surface area contributed by atoms with Gasteiger partial charge in [0.1, 0.15) is 23.5 Å². The molecular weight excluding hydrogens is 514 g/mol. The second kappa shape index (κ2) is 10.9. The Morgan fingerprint density at radius 2 is 1.70 bits per heavy atom. The van der Waals surface area contributed by atoms with Crippen molar-refractivity contribution >= 4 is 34.5 Å². The van der Waals surface area contributed by atoms with Gasteiger partial charge in [-0.3, -0.25) is 9.59 Å². The third-order valence-electron chi connectivity index (χ3n) is 6.64. The minimum Gasteiger partial charge on any atom is -0.345 e. The van der Waals surface area contributed by atoms with Crippen molar-refractivity contribution in [1.82, 2.24) is 19.9 Å². The number of anilines is 3. The number of nitrogens with zero attached hydrogens (tertiary/aromatic N) is 3. The molecule has 5 rings (SSSR count). The van der Waals surface area contributed by atoms with Gasteiger partial charge in [0.2, 0.25) is 0 Å². The van der Waals surface area contributed by atoms with Gasteiger partial charge in [-0.1, -0.05) is 36.4 Å². The van der Waals surface area contributed by atoms with E-state index in [1.807, 2.05) is 51.1 Å². The third kappa shape index (κ3) is 5.37. The first-order valence-electron chi connectivity index (χ1n) is 12.5. The van der Waals surface area contributed by atoms with Gasteiger partial charge in [-0.05, 0) is 61.7 Å².